The zero-order valence-electron chi connectivity index (χ0n) is 13.6. The van der Waals surface area contributed by atoms with Crippen molar-refractivity contribution in [1.82, 2.24) is 4.98 Å². The van der Waals surface area contributed by atoms with Gasteiger partial charge in [-0.25, -0.2) is 9.88 Å². The average Bonchev–Trinajstić information content (AvgIpc) is 3.18. The minimum absolute atomic E-state index is 0.0748. The number of nitrogens with one attached hydrogen (secondary N) is 1. The maximum atomic E-state index is 12.6. The second-order valence-electron chi connectivity index (χ2n) is 5.00. The molecule has 1 aromatic carbocycles. The number of benzene rings is 1. The number of nitrogens with zero attached hydrogens (tertiary/aromatic N) is 2. The molecule has 1 saturated heterocycles. The zero-order valence-corrected chi connectivity index (χ0v) is 16.0. The number of aromatic nitrogens is 1. The lowest BCUT2D eigenvalue weighted by atomic mass is 10.2. The van der Waals surface area contributed by atoms with E-state index in [9.17, 15) is 9.59 Å². The van der Waals surface area contributed by atoms with Gasteiger partial charge in [-0.3, -0.25) is 15.0 Å². The number of thioether (sulfide) groups is 1. The van der Waals surface area contributed by atoms with E-state index >= 15 is 0 Å². The van der Waals surface area contributed by atoms with Crippen LogP contribution < -0.4 is 14.4 Å². The third-order valence-corrected chi connectivity index (χ3v) is 5.16. The van der Waals surface area contributed by atoms with Crippen molar-refractivity contribution in [2.75, 3.05) is 12.0 Å². The molecule has 0 spiro atoms. The van der Waals surface area contributed by atoms with Crippen LogP contribution in [0.1, 0.15) is 12.5 Å². The summed E-state index contributed by atoms with van der Waals surface area (Å²) in [7, 11) is 1.42. The van der Waals surface area contributed by atoms with Gasteiger partial charge in [0.1, 0.15) is 0 Å². The summed E-state index contributed by atoms with van der Waals surface area (Å²) in [6, 6.07) is 3.15. The lowest BCUT2D eigenvalue weighted by molar-refractivity contribution is -0.132. The highest BCUT2D eigenvalue weighted by Crippen LogP contribution is 2.40. The largest absolute Gasteiger partial charge is 0.493 e. The quantitative estimate of drug-likeness (QED) is 0.469. The highest BCUT2D eigenvalue weighted by atomic mass is 35.5. The standard InChI is InChI=1S/C16H12ClN3O4S2/c1-8(21)24-13-10(17)5-9(6-11(13)23-2)7-12-14(22)20(15(18)26-12)16-19-3-4-25-16/h3-7,18H,1-2H3. The van der Waals surface area contributed by atoms with E-state index in [4.69, 9.17) is 26.5 Å². The van der Waals surface area contributed by atoms with Gasteiger partial charge >= 0.3 is 5.97 Å². The number of ether oxygens (including phenoxy) is 2. The van der Waals surface area contributed by atoms with Gasteiger partial charge in [0.05, 0.1) is 17.0 Å². The molecule has 10 heteroatoms. The molecule has 1 fully saturated rings. The third kappa shape index (κ3) is 3.59. The molecule has 0 atom stereocenters. The van der Waals surface area contributed by atoms with Crippen LogP contribution in [-0.2, 0) is 9.59 Å². The SMILES string of the molecule is COc1cc(C=C2SC(=N)N(c3nccs3)C2=O)cc(Cl)c1OC(C)=O. The van der Waals surface area contributed by atoms with Crippen LogP contribution in [0.2, 0.25) is 5.02 Å². The first-order chi connectivity index (χ1) is 12.4. The fourth-order valence-corrected chi connectivity index (χ4v) is 4.01. The number of methoxy groups -OCH3 is 1. The van der Waals surface area contributed by atoms with Crippen molar-refractivity contribution in [2.45, 2.75) is 6.92 Å². The summed E-state index contributed by atoms with van der Waals surface area (Å²) in [6.45, 7) is 1.26. The predicted octanol–water partition coefficient (Wildman–Crippen LogP) is 3.79. The number of thiazole rings is 1. The van der Waals surface area contributed by atoms with E-state index in [1.807, 2.05) is 0 Å². The van der Waals surface area contributed by atoms with Crippen LogP contribution in [0.5, 0.6) is 11.5 Å². The summed E-state index contributed by atoms with van der Waals surface area (Å²) >= 11 is 8.48. The first-order valence-corrected chi connectivity index (χ1v) is 9.26. The van der Waals surface area contributed by atoms with Gasteiger partial charge in [-0.15, -0.1) is 11.3 Å². The minimum atomic E-state index is -0.523. The molecule has 134 valence electrons. The van der Waals surface area contributed by atoms with Gasteiger partial charge in [0.15, 0.2) is 21.8 Å². The number of carbonyl (C=O) groups excluding carboxylic acids is 2. The van der Waals surface area contributed by atoms with Crippen LogP contribution in [0.4, 0.5) is 5.13 Å². The van der Waals surface area contributed by atoms with Crippen LogP contribution in [0.25, 0.3) is 6.08 Å². The van der Waals surface area contributed by atoms with Gasteiger partial charge in [-0.2, -0.15) is 0 Å². The highest BCUT2D eigenvalue weighted by Gasteiger charge is 2.35. The molecule has 1 aromatic heterocycles. The topological polar surface area (TPSA) is 92.6 Å². The Morgan fingerprint density at radius 3 is 2.81 bits per heavy atom. The van der Waals surface area contributed by atoms with Crippen molar-refractivity contribution < 1.29 is 19.1 Å². The second kappa shape index (κ2) is 7.48. The van der Waals surface area contributed by atoms with Gasteiger partial charge in [-0.05, 0) is 35.5 Å². The summed E-state index contributed by atoms with van der Waals surface area (Å²) in [5.41, 5.74) is 0.576. The van der Waals surface area contributed by atoms with Gasteiger partial charge in [-0.1, -0.05) is 11.6 Å². The monoisotopic (exact) mass is 409 g/mol. The normalized spacial score (nSPS) is 15.7. The maximum absolute atomic E-state index is 12.6. The van der Waals surface area contributed by atoms with Crippen LogP contribution in [0, 0.1) is 5.41 Å². The molecule has 1 aliphatic rings. The lowest BCUT2D eigenvalue weighted by Gasteiger charge is -2.11. The number of amidine groups is 1. The summed E-state index contributed by atoms with van der Waals surface area (Å²) in [6.07, 6.45) is 3.17. The summed E-state index contributed by atoms with van der Waals surface area (Å²) in [5.74, 6) is -0.479. The molecule has 7 nitrogen and oxygen atoms in total. The number of halogens is 1. The maximum Gasteiger partial charge on any atom is 0.308 e. The Morgan fingerprint density at radius 2 is 2.19 bits per heavy atom. The predicted molar refractivity (Wildman–Crippen MR) is 102 cm³/mol. The zero-order chi connectivity index (χ0) is 18.8. The fraction of sp³-hybridized carbons (Fsp3) is 0.125. The molecular weight excluding hydrogens is 398 g/mol. The van der Waals surface area contributed by atoms with Gasteiger partial charge in [0.25, 0.3) is 5.91 Å². The summed E-state index contributed by atoms with van der Waals surface area (Å²) < 4.78 is 10.3. The molecule has 3 rings (SSSR count). The molecule has 0 saturated carbocycles. The van der Waals surface area contributed by atoms with Crippen molar-refractivity contribution in [2.24, 2.45) is 0 Å². The molecule has 0 aliphatic carbocycles. The smallest absolute Gasteiger partial charge is 0.308 e. The van der Waals surface area contributed by atoms with Crippen LogP contribution >= 0.6 is 34.7 Å². The molecule has 1 aliphatic heterocycles. The van der Waals surface area contributed by atoms with Crippen LogP contribution in [0.15, 0.2) is 28.6 Å². The summed E-state index contributed by atoms with van der Waals surface area (Å²) in [5, 5.41) is 10.5. The van der Waals surface area contributed by atoms with Crippen LogP contribution in [-0.4, -0.2) is 29.1 Å². The molecule has 0 bridgehead atoms. The van der Waals surface area contributed by atoms with E-state index in [1.165, 1.54) is 30.3 Å². The van der Waals surface area contributed by atoms with E-state index in [2.05, 4.69) is 4.98 Å². The van der Waals surface area contributed by atoms with Crippen molar-refractivity contribution in [3.05, 3.63) is 39.2 Å². The Hall–Kier alpha value is -2.36. The Kier molecular flexibility index (Phi) is 5.30. The Labute approximate surface area is 162 Å². The number of anilines is 1. The van der Waals surface area contributed by atoms with E-state index in [0.29, 0.717) is 15.6 Å². The molecule has 2 aromatic rings. The third-order valence-electron chi connectivity index (χ3n) is 3.23. The van der Waals surface area contributed by atoms with E-state index in [-0.39, 0.29) is 27.6 Å². The van der Waals surface area contributed by atoms with Gasteiger partial charge in [0.2, 0.25) is 0 Å². The van der Waals surface area contributed by atoms with E-state index in [1.54, 1.807) is 29.8 Å². The van der Waals surface area contributed by atoms with Gasteiger partial charge in [0, 0.05) is 18.5 Å². The Bertz CT molecular complexity index is 928. The number of carbonyl (C=O) groups is 2. The van der Waals surface area contributed by atoms with Crippen molar-refractivity contribution in [1.29, 1.82) is 5.41 Å². The van der Waals surface area contributed by atoms with Crippen molar-refractivity contribution >= 4 is 63.0 Å². The first-order valence-electron chi connectivity index (χ1n) is 7.18. The molecular formula is C16H12ClN3O4S2. The molecule has 1 amide bonds. The molecule has 0 unspecified atom stereocenters. The Balaban J connectivity index is 1.95. The molecule has 2 heterocycles. The average molecular weight is 410 g/mol. The van der Waals surface area contributed by atoms with Crippen LogP contribution in [0.3, 0.4) is 0 Å². The fourth-order valence-electron chi connectivity index (χ4n) is 2.20. The number of hydrogen-bond acceptors (Lipinski definition) is 8. The van der Waals surface area contributed by atoms with Gasteiger partial charge < -0.3 is 9.47 Å². The number of hydrogen-bond donors (Lipinski definition) is 1. The van der Waals surface area contributed by atoms with E-state index in [0.717, 1.165) is 11.8 Å². The lowest BCUT2D eigenvalue weighted by Crippen LogP contribution is -2.27. The second-order valence-corrected chi connectivity index (χ2v) is 7.31. The van der Waals surface area contributed by atoms with Crippen molar-refractivity contribution in [3.63, 3.8) is 0 Å². The number of esters is 1. The molecule has 0 radical (unpaired) electrons. The number of rotatable bonds is 4. The molecule has 1 N–H and O–H groups in total. The number of amides is 1. The summed E-state index contributed by atoms with van der Waals surface area (Å²) in [4.78, 5) is 29.5. The molecule has 26 heavy (non-hydrogen) atoms. The van der Waals surface area contributed by atoms with Crippen molar-refractivity contribution in [3.8, 4) is 11.5 Å². The Morgan fingerprint density at radius 1 is 1.42 bits per heavy atom. The first kappa shape index (κ1) is 18.4. The minimum Gasteiger partial charge on any atom is -0.493 e. The van der Waals surface area contributed by atoms with E-state index < -0.39 is 5.97 Å². The highest BCUT2D eigenvalue weighted by molar-refractivity contribution is 8.19.